The first-order valence-corrected chi connectivity index (χ1v) is 11.3. The lowest BCUT2D eigenvalue weighted by Crippen LogP contribution is -2.36. The number of benzene rings is 1. The monoisotopic (exact) mass is 360 g/mol. The van der Waals surface area contributed by atoms with Gasteiger partial charge in [0.25, 0.3) is 0 Å². The molecule has 23 heavy (non-hydrogen) atoms. The molecule has 0 bridgehead atoms. The van der Waals surface area contributed by atoms with E-state index in [9.17, 15) is 16.8 Å². The standard InChI is InChI=1S/C15H24N2O4S2/c1-3-10-23(20,21)16-13-5-7-14(8-6-13)17(4-2)15-9-11-22(18,19)12-15/h5-8,15-16H,3-4,9-12H2,1-2H3. The van der Waals surface area contributed by atoms with Crippen molar-refractivity contribution in [1.82, 2.24) is 0 Å². The fourth-order valence-corrected chi connectivity index (χ4v) is 5.76. The van der Waals surface area contributed by atoms with Crippen LogP contribution in [-0.4, -0.2) is 46.7 Å². The second kappa shape index (κ2) is 7.09. The Labute approximate surface area is 138 Å². The van der Waals surface area contributed by atoms with E-state index in [1.54, 1.807) is 12.1 Å². The molecule has 1 aromatic carbocycles. The molecule has 8 heteroatoms. The molecule has 1 aliphatic rings. The largest absolute Gasteiger partial charge is 0.368 e. The Hall–Kier alpha value is -1.28. The number of nitrogens with zero attached hydrogens (tertiary/aromatic N) is 1. The lowest BCUT2D eigenvalue weighted by atomic mass is 10.2. The van der Waals surface area contributed by atoms with Gasteiger partial charge in [-0.1, -0.05) is 6.92 Å². The Bertz CT molecular complexity index is 727. The quantitative estimate of drug-likeness (QED) is 0.802. The summed E-state index contributed by atoms with van der Waals surface area (Å²) in [5.74, 6) is 0.518. The Balaban J connectivity index is 2.11. The minimum atomic E-state index is -3.30. The molecule has 1 saturated heterocycles. The second-order valence-electron chi connectivity index (χ2n) is 5.81. The van der Waals surface area contributed by atoms with Crippen molar-refractivity contribution in [2.45, 2.75) is 32.7 Å². The Morgan fingerprint density at radius 3 is 2.35 bits per heavy atom. The zero-order valence-electron chi connectivity index (χ0n) is 13.5. The maximum Gasteiger partial charge on any atom is 0.232 e. The molecule has 0 saturated carbocycles. The average Bonchev–Trinajstić information content (AvgIpc) is 2.81. The molecule has 1 fully saturated rings. The van der Waals surface area contributed by atoms with Gasteiger partial charge in [0, 0.05) is 24.0 Å². The smallest absolute Gasteiger partial charge is 0.232 e. The van der Waals surface area contributed by atoms with Crippen molar-refractivity contribution >= 4 is 31.2 Å². The van der Waals surface area contributed by atoms with Gasteiger partial charge in [-0.2, -0.15) is 0 Å². The molecule has 1 aliphatic heterocycles. The summed E-state index contributed by atoms with van der Waals surface area (Å²) in [5.41, 5.74) is 1.44. The van der Waals surface area contributed by atoms with Crippen LogP contribution >= 0.6 is 0 Å². The number of anilines is 2. The van der Waals surface area contributed by atoms with Gasteiger partial charge in [0.1, 0.15) is 0 Å². The third-order valence-corrected chi connectivity index (χ3v) is 7.18. The molecular formula is C15H24N2O4S2. The van der Waals surface area contributed by atoms with Crippen LogP contribution < -0.4 is 9.62 Å². The van der Waals surface area contributed by atoms with E-state index >= 15 is 0 Å². The molecule has 130 valence electrons. The summed E-state index contributed by atoms with van der Waals surface area (Å²) in [4.78, 5) is 2.06. The SMILES string of the molecule is CCCS(=O)(=O)Nc1ccc(N(CC)C2CCS(=O)(=O)C2)cc1. The van der Waals surface area contributed by atoms with Crippen LogP contribution in [0.1, 0.15) is 26.7 Å². The van der Waals surface area contributed by atoms with Gasteiger partial charge >= 0.3 is 0 Å². The predicted octanol–water partition coefficient (Wildman–Crippen LogP) is 1.85. The fraction of sp³-hybridized carbons (Fsp3) is 0.600. The van der Waals surface area contributed by atoms with E-state index in [0.717, 1.165) is 5.69 Å². The molecule has 1 aromatic rings. The number of hydrogen-bond donors (Lipinski definition) is 1. The number of hydrogen-bond acceptors (Lipinski definition) is 5. The van der Waals surface area contributed by atoms with Crippen LogP contribution in [0.2, 0.25) is 0 Å². The first kappa shape index (κ1) is 18.1. The molecule has 6 nitrogen and oxygen atoms in total. The summed E-state index contributed by atoms with van der Waals surface area (Å²) in [6, 6.07) is 7.09. The number of sulfone groups is 1. The van der Waals surface area contributed by atoms with Gasteiger partial charge in [0.05, 0.1) is 17.3 Å². The van der Waals surface area contributed by atoms with Gasteiger partial charge in [-0.15, -0.1) is 0 Å². The Morgan fingerprint density at radius 1 is 1.22 bits per heavy atom. The van der Waals surface area contributed by atoms with Gasteiger partial charge in [0.15, 0.2) is 9.84 Å². The van der Waals surface area contributed by atoms with Crippen molar-refractivity contribution in [3.05, 3.63) is 24.3 Å². The van der Waals surface area contributed by atoms with Crippen molar-refractivity contribution < 1.29 is 16.8 Å². The van der Waals surface area contributed by atoms with Crippen LogP contribution in [0.3, 0.4) is 0 Å². The summed E-state index contributed by atoms with van der Waals surface area (Å²) in [5, 5.41) is 0. The number of nitrogens with one attached hydrogen (secondary N) is 1. The van der Waals surface area contributed by atoms with E-state index in [1.807, 2.05) is 26.0 Å². The summed E-state index contributed by atoms with van der Waals surface area (Å²) in [6.45, 7) is 4.51. The summed E-state index contributed by atoms with van der Waals surface area (Å²) in [6.07, 6.45) is 1.20. The number of rotatable bonds is 7. The highest BCUT2D eigenvalue weighted by molar-refractivity contribution is 7.92. The van der Waals surface area contributed by atoms with Gasteiger partial charge < -0.3 is 4.90 Å². The molecule has 1 atom stereocenters. The highest BCUT2D eigenvalue weighted by Crippen LogP contribution is 2.25. The van der Waals surface area contributed by atoms with Crippen molar-refractivity contribution in [3.63, 3.8) is 0 Å². The number of sulfonamides is 1. The van der Waals surface area contributed by atoms with Crippen LogP contribution in [0, 0.1) is 0 Å². The molecule has 2 rings (SSSR count). The molecule has 1 heterocycles. The van der Waals surface area contributed by atoms with Crippen LogP contribution in [0.4, 0.5) is 11.4 Å². The van der Waals surface area contributed by atoms with E-state index in [2.05, 4.69) is 9.62 Å². The van der Waals surface area contributed by atoms with Crippen LogP contribution in [0.25, 0.3) is 0 Å². The molecule has 0 spiro atoms. The van der Waals surface area contributed by atoms with Gasteiger partial charge in [-0.05, 0) is 44.0 Å². The van der Waals surface area contributed by atoms with E-state index < -0.39 is 19.9 Å². The predicted molar refractivity (Wildman–Crippen MR) is 94.2 cm³/mol. The van der Waals surface area contributed by atoms with E-state index in [1.165, 1.54) is 0 Å². The first-order chi connectivity index (χ1) is 10.8. The topological polar surface area (TPSA) is 83.6 Å². The molecule has 0 radical (unpaired) electrons. The normalized spacial score (nSPS) is 20.3. The zero-order valence-corrected chi connectivity index (χ0v) is 15.2. The van der Waals surface area contributed by atoms with Crippen molar-refractivity contribution in [2.24, 2.45) is 0 Å². The maximum absolute atomic E-state index is 11.8. The molecule has 0 aromatic heterocycles. The first-order valence-electron chi connectivity index (χ1n) is 7.84. The third-order valence-electron chi connectivity index (χ3n) is 3.94. The van der Waals surface area contributed by atoms with Gasteiger partial charge in [-0.25, -0.2) is 16.8 Å². The van der Waals surface area contributed by atoms with E-state index in [4.69, 9.17) is 0 Å². The summed E-state index contributed by atoms with van der Waals surface area (Å²) in [7, 11) is -6.23. The minimum absolute atomic E-state index is 0.00682. The van der Waals surface area contributed by atoms with Crippen LogP contribution in [0.15, 0.2) is 24.3 Å². The van der Waals surface area contributed by atoms with Gasteiger partial charge in [-0.3, -0.25) is 4.72 Å². The second-order valence-corrected chi connectivity index (χ2v) is 9.88. The highest BCUT2D eigenvalue weighted by atomic mass is 32.2. The Kier molecular flexibility index (Phi) is 5.57. The van der Waals surface area contributed by atoms with E-state index in [-0.39, 0.29) is 23.3 Å². The lowest BCUT2D eigenvalue weighted by molar-refractivity contribution is 0.598. The van der Waals surface area contributed by atoms with Gasteiger partial charge in [0.2, 0.25) is 10.0 Å². The third kappa shape index (κ3) is 4.84. The average molecular weight is 361 g/mol. The molecular weight excluding hydrogens is 336 g/mol. The molecule has 0 aliphatic carbocycles. The van der Waals surface area contributed by atoms with Crippen molar-refractivity contribution in [2.75, 3.05) is 33.4 Å². The Morgan fingerprint density at radius 2 is 1.87 bits per heavy atom. The minimum Gasteiger partial charge on any atom is -0.368 e. The maximum atomic E-state index is 11.8. The molecule has 1 N–H and O–H groups in total. The van der Waals surface area contributed by atoms with Crippen LogP contribution in [-0.2, 0) is 19.9 Å². The van der Waals surface area contributed by atoms with Crippen LogP contribution in [0.5, 0.6) is 0 Å². The van der Waals surface area contributed by atoms with Crippen molar-refractivity contribution in [3.8, 4) is 0 Å². The fourth-order valence-electron chi connectivity index (χ4n) is 2.89. The summed E-state index contributed by atoms with van der Waals surface area (Å²) >= 11 is 0. The highest BCUT2D eigenvalue weighted by Gasteiger charge is 2.31. The zero-order chi connectivity index (χ0) is 17.1. The van der Waals surface area contributed by atoms with E-state index in [0.29, 0.717) is 25.1 Å². The lowest BCUT2D eigenvalue weighted by Gasteiger charge is -2.29. The van der Waals surface area contributed by atoms with Crippen molar-refractivity contribution in [1.29, 1.82) is 0 Å². The molecule has 1 unspecified atom stereocenters. The summed E-state index contributed by atoms with van der Waals surface area (Å²) < 4.78 is 49.4. The molecule has 0 amide bonds.